The third-order valence-corrected chi connectivity index (χ3v) is 2.31. The topological polar surface area (TPSA) is 38.1 Å². The van der Waals surface area contributed by atoms with Crippen molar-refractivity contribution in [2.45, 2.75) is 12.5 Å². The number of nitrogens with zero attached hydrogens (tertiary/aromatic N) is 2. The van der Waals surface area contributed by atoms with E-state index in [1.165, 1.54) is 0 Å². The highest BCUT2D eigenvalue weighted by molar-refractivity contribution is 7.98. The number of hydrogen-bond donors (Lipinski definition) is 1. The predicted octanol–water partition coefficient (Wildman–Crippen LogP) is 0.686. The Balaban J connectivity index is 2.41. The van der Waals surface area contributed by atoms with Crippen molar-refractivity contribution in [3.8, 4) is 0 Å². The van der Waals surface area contributed by atoms with Crippen molar-refractivity contribution in [2.75, 3.05) is 12.0 Å². The van der Waals surface area contributed by atoms with Gasteiger partial charge in [-0.3, -0.25) is 4.68 Å². The fraction of sp³-hybridized carbons (Fsp3) is 0.625. The van der Waals surface area contributed by atoms with E-state index in [0.29, 0.717) is 6.42 Å². The predicted molar refractivity (Wildman–Crippen MR) is 51.3 cm³/mol. The average molecular weight is 186 g/mol. The maximum Gasteiger partial charge on any atom is 0.0671 e. The van der Waals surface area contributed by atoms with Crippen molar-refractivity contribution < 1.29 is 5.11 Å². The Bertz CT molecular complexity index is 237. The van der Waals surface area contributed by atoms with E-state index in [4.69, 9.17) is 0 Å². The number of aliphatic hydroxyl groups excluding tert-OH is 1. The zero-order valence-corrected chi connectivity index (χ0v) is 8.21. The highest BCUT2D eigenvalue weighted by Gasteiger charge is 2.05. The smallest absolute Gasteiger partial charge is 0.0671 e. The van der Waals surface area contributed by atoms with Gasteiger partial charge in [0.25, 0.3) is 0 Å². The second-order valence-electron chi connectivity index (χ2n) is 2.84. The van der Waals surface area contributed by atoms with Crippen LogP contribution in [-0.4, -0.2) is 33.0 Å². The van der Waals surface area contributed by atoms with E-state index >= 15 is 0 Å². The summed E-state index contributed by atoms with van der Waals surface area (Å²) in [6.45, 7) is 0. The third-order valence-electron chi connectivity index (χ3n) is 1.59. The normalized spacial score (nSPS) is 13.2. The zero-order chi connectivity index (χ0) is 8.97. The molecule has 68 valence electrons. The van der Waals surface area contributed by atoms with E-state index in [1.807, 2.05) is 19.5 Å². The first kappa shape index (κ1) is 9.61. The Morgan fingerprint density at radius 1 is 1.75 bits per heavy atom. The van der Waals surface area contributed by atoms with E-state index in [0.717, 1.165) is 11.3 Å². The van der Waals surface area contributed by atoms with Crippen molar-refractivity contribution in [1.29, 1.82) is 0 Å². The van der Waals surface area contributed by atoms with Gasteiger partial charge < -0.3 is 5.11 Å². The molecule has 0 saturated carbocycles. The minimum Gasteiger partial charge on any atom is -0.392 e. The van der Waals surface area contributed by atoms with Gasteiger partial charge in [0.05, 0.1) is 12.3 Å². The van der Waals surface area contributed by atoms with Crippen LogP contribution in [0.1, 0.15) is 5.56 Å². The summed E-state index contributed by atoms with van der Waals surface area (Å²) < 4.78 is 1.75. The number of aryl methyl sites for hydroxylation is 1. The van der Waals surface area contributed by atoms with Crippen LogP contribution in [0.15, 0.2) is 12.4 Å². The number of aliphatic hydroxyl groups is 1. The molecule has 1 rings (SSSR count). The number of thioether (sulfide) groups is 1. The minimum absolute atomic E-state index is 0.246. The summed E-state index contributed by atoms with van der Waals surface area (Å²) >= 11 is 1.66. The molecule has 3 nitrogen and oxygen atoms in total. The van der Waals surface area contributed by atoms with E-state index in [1.54, 1.807) is 22.6 Å². The molecule has 1 aromatic heterocycles. The van der Waals surface area contributed by atoms with Gasteiger partial charge in [0.2, 0.25) is 0 Å². The van der Waals surface area contributed by atoms with Crippen LogP contribution in [0, 0.1) is 0 Å². The first-order valence-electron chi connectivity index (χ1n) is 3.87. The maximum atomic E-state index is 9.45. The van der Waals surface area contributed by atoms with Gasteiger partial charge in [-0.15, -0.1) is 0 Å². The molecule has 0 aliphatic heterocycles. The van der Waals surface area contributed by atoms with Gasteiger partial charge in [-0.1, -0.05) is 0 Å². The van der Waals surface area contributed by atoms with Gasteiger partial charge in [-0.25, -0.2) is 0 Å². The summed E-state index contributed by atoms with van der Waals surface area (Å²) in [5, 5.41) is 13.5. The average Bonchev–Trinajstić information content (AvgIpc) is 2.36. The first-order valence-corrected chi connectivity index (χ1v) is 5.26. The number of rotatable bonds is 4. The lowest BCUT2D eigenvalue weighted by molar-refractivity contribution is 0.200. The van der Waals surface area contributed by atoms with Gasteiger partial charge in [0.15, 0.2) is 0 Å². The van der Waals surface area contributed by atoms with E-state index in [9.17, 15) is 5.11 Å². The minimum atomic E-state index is -0.246. The van der Waals surface area contributed by atoms with E-state index in [2.05, 4.69) is 5.10 Å². The van der Waals surface area contributed by atoms with Crippen LogP contribution in [0.25, 0.3) is 0 Å². The molecule has 12 heavy (non-hydrogen) atoms. The SMILES string of the molecule is CSCC(O)Cc1cnn(C)c1. The fourth-order valence-electron chi connectivity index (χ4n) is 1.10. The molecule has 1 N–H and O–H groups in total. The molecular weight excluding hydrogens is 172 g/mol. The molecule has 0 radical (unpaired) electrons. The Morgan fingerprint density at radius 2 is 2.50 bits per heavy atom. The Hall–Kier alpha value is -0.480. The molecule has 0 aliphatic carbocycles. The molecule has 0 bridgehead atoms. The van der Waals surface area contributed by atoms with Crippen LogP contribution in [0.2, 0.25) is 0 Å². The highest BCUT2D eigenvalue weighted by Crippen LogP contribution is 2.05. The monoisotopic (exact) mass is 186 g/mol. The van der Waals surface area contributed by atoms with Crippen molar-refractivity contribution in [1.82, 2.24) is 9.78 Å². The van der Waals surface area contributed by atoms with Crippen molar-refractivity contribution in [3.05, 3.63) is 18.0 Å². The standard InChI is InChI=1S/C8H14N2OS/c1-10-5-7(4-9-10)3-8(11)6-12-2/h4-5,8,11H,3,6H2,1-2H3. The number of aromatic nitrogens is 2. The number of hydrogen-bond acceptors (Lipinski definition) is 3. The van der Waals surface area contributed by atoms with E-state index < -0.39 is 0 Å². The van der Waals surface area contributed by atoms with Crippen LogP contribution in [0.5, 0.6) is 0 Å². The molecule has 0 aromatic carbocycles. The van der Waals surface area contributed by atoms with Crippen LogP contribution < -0.4 is 0 Å². The molecule has 4 heteroatoms. The molecule has 1 heterocycles. The third kappa shape index (κ3) is 2.87. The molecule has 1 atom stereocenters. The van der Waals surface area contributed by atoms with Crippen LogP contribution in [0.3, 0.4) is 0 Å². The Morgan fingerprint density at radius 3 is 3.00 bits per heavy atom. The summed E-state index contributed by atoms with van der Waals surface area (Å²) in [5.41, 5.74) is 1.10. The summed E-state index contributed by atoms with van der Waals surface area (Å²) in [6, 6.07) is 0. The molecule has 0 amide bonds. The van der Waals surface area contributed by atoms with Gasteiger partial charge in [0, 0.05) is 25.4 Å². The van der Waals surface area contributed by atoms with Gasteiger partial charge >= 0.3 is 0 Å². The summed E-state index contributed by atoms with van der Waals surface area (Å²) in [6.07, 6.45) is 6.18. The van der Waals surface area contributed by atoms with Crippen LogP contribution in [-0.2, 0) is 13.5 Å². The van der Waals surface area contributed by atoms with Crippen molar-refractivity contribution >= 4 is 11.8 Å². The second-order valence-corrected chi connectivity index (χ2v) is 3.75. The summed E-state index contributed by atoms with van der Waals surface area (Å²) in [7, 11) is 1.88. The molecule has 1 aromatic rings. The Labute approximate surface area is 76.8 Å². The summed E-state index contributed by atoms with van der Waals surface area (Å²) in [4.78, 5) is 0. The lowest BCUT2D eigenvalue weighted by atomic mass is 10.2. The van der Waals surface area contributed by atoms with Crippen molar-refractivity contribution in [3.63, 3.8) is 0 Å². The zero-order valence-electron chi connectivity index (χ0n) is 7.40. The highest BCUT2D eigenvalue weighted by atomic mass is 32.2. The first-order chi connectivity index (χ1) is 5.72. The largest absolute Gasteiger partial charge is 0.392 e. The quantitative estimate of drug-likeness (QED) is 0.751. The lowest BCUT2D eigenvalue weighted by Crippen LogP contribution is -2.12. The maximum absolute atomic E-state index is 9.45. The van der Waals surface area contributed by atoms with Crippen LogP contribution >= 0.6 is 11.8 Å². The van der Waals surface area contributed by atoms with Crippen LogP contribution in [0.4, 0.5) is 0 Å². The molecule has 0 aliphatic rings. The molecular formula is C8H14N2OS. The van der Waals surface area contributed by atoms with Crippen molar-refractivity contribution in [2.24, 2.45) is 7.05 Å². The van der Waals surface area contributed by atoms with Gasteiger partial charge in [-0.2, -0.15) is 16.9 Å². The Kier molecular flexibility index (Phi) is 3.62. The van der Waals surface area contributed by atoms with Gasteiger partial charge in [0.1, 0.15) is 0 Å². The fourth-order valence-corrected chi connectivity index (χ4v) is 1.60. The molecule has 1 unspecified atom stereocenters. The second kappa shape index (κ2) is 4.52. The van der Waals surface area contributed by atoms with Gasteiger partial charge in [-0.05, 0) is 11.8 Å². The molecule has 0 fully saturated rings. The molecule has 0 saturated heterocycles. The lowest BCUT2D eigenvalue weighted by Gasteiger charge is -2.05. The molecule has 0 spiro atoms. The van der Waals surface area contributed by atoms with E-state index in [-0.39, 0.29) is 6.10 Å². The summed E-state index contributed by atoms with van der Waals surface area (Å²) in [5.74, 6) is 0.787.